The van der Waals surface area contributed by atoms with E-state index in [2.05, 4.69) is 27.1 Å². The van der Waals surface area contributed by atoms with Crippen molar-refractivity contribution in [3.05, 3.63) is 87.9 Å². The number of amidine groups is 1. The Hall–Kier alpha value is -3.65. The van der Waals surface area contributed by atoms with Gasteiger partial charge in [0.2, 0.25) is 0 Å². The largest absolute Gasteiger partial charge is 0.494 e. The van der Waals surface area contributed by atoms with E-state index in [1.54, 1.807) is 18.4 Å². The molecule has 2 aliphatic rings. The van der Waals surface area contributed by atoms with Crippen LogP contribution in [0.4, 0.5) is 0 Å². The average Bonchev–Trinajstić information content (AvgIpc) is 3.39. The van der Waals surface area contributed by atoms with Crippen LogP contribution >= 0.6 is 11.5 Å². The molecule has 4 N–H and O–H groups in total. The molecule has 0 bridgehead atoms. The summed E-state index contributed by atoms with van der Waals surface area (Å²) in [5.74, 6) is 0.930. The smallest absolute Gasteiger partial charge is 0.250 e. The summed E-state index contributed by atoms with van der Waals surface area (Å²) in [6.07, 6.45) is 1.70. The molecule has 144 valence electrons. The molecule has 0 radical (unpaired) electrons. The number of nitrogens with one attached hydrogen (secondary N) is 2. The lowest BCUT2D eigenvalue weighted by atomic mass is 10.1. The van der Waals surface area contributed by atoms with Crippen molar-refractivity contribution < 1.29 is 9.53 Å². The summed E-state index contributed by atoms with van der Waals surface area (Å²) < 4.78 is 9.96. The predicted molar refractivity (Wildman–Crippen MR) is 112 cm³/mol. The fourth-order valence-corrected chi connectivity index (χ4v) is 4.19. The van der Waals surface area contributed by atoms with Crippen LogP contribution in [0.1, 0.15) is 20.8 Å². The zero-order valence-corrected chi connectivity index (χ0v) is 16.1. The van der Waals surface area contributed by atoms with Gasteiger partial charge in [0.05, 0.1) is 27.2 Å². The molecule has 29 heavy (non-hydrogen) atoms. The number of nitrogens with zero attached hydrogens (tertiary/aromatic N) is 2. The number of aromatic nitrogens is 1. The van der Waals surface area contributed by atoms with Gasteiger partial charge in [-0.2, -0.15) is 4.37 Å². The number of carbonyl (C=O) groups is 1. The zero-order valence-electron chi connectivity index (χ0n) is 15.3. The summed E-state index contributed by atoms with van der Waals surface area (Å²) in [5, 5.41) is 7.59. The molecule has 0 aliphatic carbocycles. The zero-order chi connectivity index (χ0) is 19.8. The fraction of sp³-hybridized carbons (Fsp3) is 0.0952. The van der Waals surface area contributed by atoms with E-state index < -0.39 is 5.91 Å². The van der Waals surface area contributed by atoms with E-state index in [-0.39, 0.29) is 0 Å². The van der Waals surface area contributed by atoms with Crippen LogP contribution in [0.5, 0.6) is 0 Å². The Morgan fingerprint density at radius 3 is 2.90 bits per heavy atom. The van der Waals surface area contributed by atoms with Crippen molar-refractivity contribution in [2.75, 3.05) is 6.61 Å². The minimum atomic E-state index is -0.495. The molecule has 5 rings (SSSR count). The van der Waals surface area contributed by atoms with Crippen molar-refractivity contribution in [2.45, 2.75) is 6.54 Å². The number of ether oxygens (including phenoxy) is 1. The van der Waals surface area contributed by atoms with Crippen LogP contribution in [0.25, 0.3) is 10.9 Å². The highest BCUT2D eigenvalue weighted by molar-refractivity contribution is 7.09. The number of benzene rings is 2. The second-order valence-electron chi connectivity index (χ2n) is 6.67. The lowest BCUT2D eigenvalue weighted by Crippen LogP contribution is -2.31. The molecule has 0 atom stereocenters. The van der Waals surface area contributed by atoms with Gasteiger partial charge in [-0.05, 0) is 23.2 Å². The highest BCUT2D eigenvalue weighted by Gasteiger charge is 2.27. The molecule has 3 aromatic rings. The molecule has 1 aromatic heterocycles. The lowest BCUT2D eigenvalue weighted by molar-refractivity contribution is 0.100. The van der Waals surface area contributed by atoms with Gasteiger partial charge in [0.15, 0.2) is 5.84 Å². The van der Waals surface area contributed by atoms with Gasteiger partial charge in [-0.1, -0.05) is 42.5 Å². The minimum Gasteiger partial charge on any atom is -0.494 e. The van der Waals surface area contributed by atoms with Gasteiger partial charge in [0.1, 0.15) is 18.7 Å². The molecule has 8 heteroatoms. The average molecular weight is 403 g/mol. The maximum atomic E-state index is 11.7. The van der Waals surface area contributed by atoms with Crippen molar-refractivity contribution in [1.82, 2.24) is 15.0 Å². The summed E-state index contributed by atoms with van der Waals surface area (Å²) in [7, 11) is 0. The number of fused-ring (bicyclic) bond motifs is 2. The van der Waals surface area contributed by atoms with Gasteiger partial charge in [0, 0.05) is 11.9 Å². The maximum absolute atomic E-state index is 11.7. The summed E-state index contributed by atoms with van der Waals surface area (Å²) in [5.41, 5.74) is 9.51. The molecule has 3 heterocycles. The summed E-state index contributed by atoms with van der Waals surface area (Å²) in [6.45, 7) is 1.12. The number of hydrogen-bond donors (Lipinski definition) is 3. The van der Waals surface area contributed by atoms with Crippen molar-refractivity contribution in [1.29, 1.82) is 0 Å². The van der Waals surface area contributed by atoms with Gasteiger partial charge in [-0.3, -0.25) is 4.79 Å². The lowest BCUT2D eigenvalue weighted by Gasteiger charge is -2.20. The molecule has 0 spiro atoms. The van der Waals surface area contributed by atoms with E-state index in [4.69, 9.17) is 15.5 Å². The fourth-order valence-electron chi connectivity index (χ4n) is 3.36. The number of aliphatic imine (C=N–C) groups is 1. The third kappa shape index (κ3) is 3.13. The first-order valence-corrected chi connectivity index (χ1v) is 9.85. The van der Waals surface area contributed by atoms with Crippen LogP contribution in [-0.4, -0.2) is 22.7 Å². The molecule has 2 aliphatic heterocycles. The molecule has 0 saturated carbocycles. The van der Waals surface area contributed by atoms with Crippen molar-refractivity contribution in [3.63, 3.8) is 0 Å². The highest BCUT2D eigenvalue weighted by Crippen LogP contribution is 2.30. The summed E-state index contributed by atoms with van der Waals surface area (Å²) in [4.78, 5) is 17.4. The van der Waals surface area contributed by atoms with E-state index >= 15 is 0 Å². The van der Waals surface area contributed by atoms with Crippen LogP contribution < -0.4 is 16.4 Å². The Morgan fingerprint density at radius 1 is 1.21 bits per heavy atom. The van der Waals surface area contributed by atoms with Crippen LogP contribution in [0.3, 0.4) is 0 Å². The SMILES string of the molecule is NC(=O)c1cccc2c(C3=NC(NCc4ccccc4)=C4COC=C4N3)snc12. The highest BCUT2D eigenvalue weighted by atomic mass is 32.1. The molecular formula is C21H17N5O2S. The Bertz CT molecular complexity index is 1210. The van der Waals surface area contributed by atoms with Crippen LogP contribution in [0, 0.1) is 0 Å². The first-order valence-electron chi connectivity index (χ1n) is 9.08. The van der Waals surface area contributed by atoms with Gasteiger partial charge in [0.25, 0.3) is 5.91 Å². The molecule has 0 saturated heterocycles. The number of primary amides is 1. The van der Waals surface area contributed by atoms with E-state index in [1.807, 2.05) is 24.3 Å². The van der Waals surface area contributed by atoms with Gasteiger partial charge in [-0.25, -0.2) is 4.99 Å². The van der Waals surface area contributed by atoms with Crippen molar-refractivity contribution in [3.8, 4) is 0 Å². The summed E-state index contributed by atoms with van der Waals surface area (Å²) >= 11 is 1.28. The number of amides is 1. The normalized spacial score (nSPS) is 15.3. The predicted octanol–water partition coefficient (Wildman–Crippen LogP) is 2.62. The third-order valence-electron chi connectivity index (χ3n) is 4.81. The Morgan fingerprint density at radius 2 is 2.07 bits per heavy atom. The monoisotopic (exact) mass is 403 g/mol. The Balaban J connectivity index is 1.53. The number of rotatable bonds is 5. The van der Waals surface area contributed by atoms with E-state index in [1.165, 1.54) is 11.5 Å². The summed E-state index contributed by atoms with van der Waals surface area (Å²) in [6, 6.07) is 15.5. The number of nitrogens with two attached hydrogens (primary N) is 1. The van der Waals surface area contributed by atoms with Crippen LogP contribution in [0.2, 0.25) is 0 Å². The quantitative estimate of drug-likeness (QED) is 0.608. The number of carbonyl (C=O) groups excluding carboxylic acids is 1. The molecule has 0 unspecified atom stereocenters. The molecule has 7 nitrogen and oxygen atoms in total. The Kier molecular flexibility index (Phi) is 4.25. The van der Waals surface area contributed by atoms with E-state index in [0.29, 0.717) is 30.1 Å². The van der Waals surface area contributed by atoms with Crippen molar-refractivity contribution in [2.24, 2.45) is 10.7 Å². The first kappa shape index (κ1) is 17.4. The van der Waals surface area contributed by atoms with Gasteiger partial charge >= 0.3 is 0 Å². The molecule has 0 fully saturated rings. The van der Waals surface area contributed by atoms with Crippen molar-refractivity contribution >= 4 is 34.2 Å². The standard InChI is InChI=1S/C21H17N5O2S/c22-19(27)14-8-4-7-13-17(14)26-29-18(13)21-24-16-11-28-10-15(16)20(25-21)23-9-12-5-2-1-3-6-12/h1-8,11,23H,9-10H2,(H2,22,27)(H,24,25). The van der Waals surface area contributed by atoms with Gasteiger partial charge < -0.3 is 21.1 Å². The second-order valence-corrected chi connectivity index (χ2v) is 7.45. The topological polar surface area (TPSA) is 102 Å². The number of hydrogen-bond acceptors (Lipinski definition) is 7. The molecule has 2 aromatic carbocycles. The van der Waals surface area contributed by atoms with Crippen LogP contribution in [-0.2, 0) is 11.3 Å². The minimum absolute atomic E-state index is 0.406. The van der Waals surface area contributed by atoms with E-state index in [9.17, 15) is 4.79 Å². The van der Waals surface area contributed by atoms with Crippen LogP contribution in [0.15, 0.2) is 76.9 Å². The first-order chi connectivity index (χ1) is 14.2. The molecular weight excluding hydrogens is 386 g/mol. The van der Waals surface area contributed by atoms with E-state index in [0.717, 1.165) is 32.9 Å². The third-order valence-corrected chi connectivity index (χ3v) is 5.68. The van der Waals surface area contributed by atoms with Gasteiger partial charge in [-0.15, -0.1) is 0 Å². The maximum Gasteiger partial charge on any atom is 0.250 e. The Labute approximate surface area is 170 Å². The molecule has 1 amide bonds. The second kappa shape index (κ2) is 7.06.